The largest absolute Gasteiger partial charge is 0.318 e. The van der Waals surface area contributed by atoms with E-state index >= 15 is 0 Å². The average Bonchev–Trinajstić information content (AvgIpc) is 2.64. The molecule has 2 rings (SSSR count). The van der Waals surface area contributed by atoms with Crippen LogP contribution in [-0.4, -0.2) is 29.2 Å². The molecule has 0 aromatic heterocycles. The summed E-state index contributed by atoms with van der Waals surface area (Å²) < 4.78 is 0. The second kappa shape index (κ2) is 3.20. The first-order chi connectivity index (χ1) is 6.25. The van der Waals surface area contributed by atoms with Gasteiger partial charge in [0.25, 0.3) is 0 Å². The number of carbonyl (C=O) groups is 1. The van der Waals surface area contributed by atoms with Gasteiger partial charge in [-0.25, -0.2) is 10.9 Å². The van der Waals surface area contributed by atoms with Crippen molar-refractivity contribution in [3.63, 3.8) is 0 Å². The molecular formula is C6H14N6O. The highest BCUT2D eigenvalue weighted by atomic mass is 16.2. The van der Waals surface area contributed by atoms with Crippen LogP contribution in [0.4, 0.5) is 0 Å². The molecule has 0 bridgehead atoms. The molecule has 2 fully saturated rings. The number of nitrogens with two attached hydrogens (primary N) is 1. The van der Waals surface area contributed by atoms with E-state index in [2.05, 4.69) is 21.9 Å². The first-order valence-corrected chi connectivity index (χ1v) is 4.34. The Morgan fingerprint density at radius 3 is 2.62 bits per heavy atom. The fourth-order valence-electron chi connectivity index (χ4n) is 1.74. The van der Waals surface area contributed by atoms with E-state index < -0.39 is 0 Å². The van der Waals surface area contributed by atoms with Crippen LogP contribution in [-0.2, 0) is 4.79 Å². The van der Waals surface area contributed by atoms with Crippen molar-refractivity contribution >= 4 is 5.91 Å². The molecule has 7 heteroatoms. The number of carbonyl (C=O) groups excluding carboxylic acids is 1. The Morgan fingerprint density at radius 1 is 1.46 bits per heavy atom. The van der Waals surface area contributed by atoms with Gasteiger partial charge in [0.15, 0.2) is 6.29 Å². The second-order valence-corrected chi connectivity index (χ2v) is 3.19. The lowest BCUT2D eigenvalue weighted by Crippen LogP contribution is -2.74. The Hall–Kier alpha value is -0.730. The molecule has 0 aromatic rings. The zero-order chi connectivity index (χ0) is 9.42. The van der Waals surface area contributed by atoms with Crippen LogP contribution < -0.4 is 27.7 Å². The Bertz CT molecular complexity index is 213. The molecule has 2 saturated heterocycles. The number of rotatable bonds is 2. The van der Waals surface area contributed by atoms with Gasteiger partial charge in [-0.1, -0.05) is 6.92 Å². The summed E-state index contributed by atoms with van der Waals surface area (Å²) in [6.07, 6.45) is 0.657. The number of β-lactam (4-membered cyclic amide) rings is 1. The van der Waals surface area contributed by atoms with E-state index in [9.17, 15) is 4.79 Å². The van der Waals surface area contributed by atoms with Crippen molar-refractivity contribution in [1.82, 2.24) is 26.8 Å². The van der Waals surface area contributed by atoms with E-state index in [1.807, 2.05) is 6.92 Å². The third-order valence-corrected chi connectivity index (χ3v) is 2.49. The molecule has 2 heterocycles. The highest BCUT2D eigenvalue weighted by molar-refractivity contribution is 5.89. The molecule has 1 amide bonds. The van der Waals surface area contributed by atoms with Gasteiger partial charge >= 0.3 is 0 Å². The SMILES string of the molecule is CC[C@@H]1[C@H](N)C(=O)N1C1NNNN1. The lowest BCUT2D eigenvalue weighted by molar-refractivity contribution is -0.155. The van der Waals surface area contributed by atoms with Gasteiger partial charge in [0.1, 0.15) is 6.04 Å². The van der Waals surface area contributed by atoms with Gasteiger partial charge in [-0.05, 0) is 6.42 Å². The minimum absolute atomic E-state index is 0.0256. The Morgan fingerprint density at radius 2 is 2.08 bits per heavy atom. The predicted molar refractivity (Wildman–Crippen MR) is 45.2 cm³/mol. The third-order valence-electron chi connectivity index (χ3n) is 2.49. The first-order valence-electron chi connectivity index (χ1n) is 4.34. The molecule has 0 saturated carbocycles. The molecule has 7 nitrogen and oxygen atoms in total. The minimum Gasteiger partial charge on any atom is -0.318 e. The monoisotopic (exact) mass is 186 g/mol. The molecule has 0 unspecified atom stereocenters. The number of likely N-dealkylation sites (tertiary alicyclic amines) is 1. The van der Waals surface area contributed by atoms with Crippen molar-refractivity contribution < 1.29 is 4.79 Å². The average molecular weight is 186 g/mol. The van der Waals surface area contributed by atoms with E-state index in [0.29, 0.717) is 0 Å². The van der Waals surface area contributed by atoms with Crippen molar-refractivity contribution in [2.75, 3.05) is 0 Å². The zero-order valence-electron chi connectivity index (χ0n) is 7.37. The van der Waals surface area contributed by atoms with Crippen LogP contribution in [0.3, 0.4) is 0 Å². The summed E-state index contributed by atoms with van der Waals surface area (Å²) in [6.45, 7) is 2.01. The van der Waals surface area contributed by atoms with E-state index in [1.54, 1.807) is 4.90 Å². The van der Waals surface area contributed by atoms with E-state index in [1.165, 1.54) is 0 Å². The fraction of sp³-hybridized carbons (Fsp3) is 0.833. The van der Waals surface area contributed by atoms with E-state index in [0.717, 1.165) is 6.42 Å². The van der Waals surface area contributed by atoms with Crippen LogP contribution in [0, 0.1) is 0 Å². The van der Waals surface area contributed by atoms with Crippen LogP contribution >= 0.6 is 0 Å². The Kier molecular flexibility index (Phi) is 2.18. The predicted octanol–water partition coefficient (Wildman–Crippen LogP) is -2.66. The highest BCUT2D eigenvalue weighted by Crippen LogP contribution is 2.22. The molecule has 2 aliphatic heterocycles. The maximum absolute atomic E-state index is 11.4. The summed E-state index contributed by atoms with van der Waals surface area (Å²) in [5.41, 5.74) is 16.7. The number of hydrogen-bond donors (Lipinski definition) is 5. The van der Waals surface area contributed by atoms with Crippen LogP contribution in [0.1, 0.15) is 13.3 Å². The molecule has 0 spiro atoms. The van der Waals surface area contributed by atoms with Gasteiger partial charge in [-0.2, -0.15) is 11.1 Å². The molecule has 0 radical (unpaired) electrons. The topological polar surface area (TPSA) is 94.5 Å². The molecule has 74 valence electrons. The lowest BCUT2D eigenvalue weighted by atomic mass is 9.94. The number of hydrogen-bond acceptors (Lipinski definition) is 6. The summed E-state index contributed by atoms with van der Waals surface area (Å²) >= 11 is 0. The van der Waals surface area contributed by atoms with Crippen LogP contribution in [0.5, 0.6) is 0 Å². The summed E-state index contributed by atoms with van der Waals surface area (Å²) in [4.78, 5) is 13.1. The maximum Gasteiger partial charge on any atom is 0.244 e. The number of nitrogens with zero attached hydrogens (tertiary/aromatic N) is 1. The van der Waals surface area contributed by atoms with Crippen LogP contribution in [0.2, 0.25) is 0 Å². The van der Waals surface area contributed by atoms with E-state index in [4.69, 9.17) is 5.73 Å². The summed E-state index contributed by atoms with van der Waals surface area (Å²) in [6, 6.07) is -0.214. The molecule has 2 atom stereocenters. The van der Waals surface area contributed by atoms with Gasteiger partial charge in [-0.3, -0.25) is 4.79 Å². The summed E-state index contributed by atoms with van der Waals surface area (Å²) in [7, 11) is 0. The van der Waals surface area contributed by atoms with Crippen molar-refractivity contribution in [2.45, 2.75) is 31.7 Å². The smallest absolute Gasteiger partial charge is 0.244 e. The normalized spacial score (nSPS) is 35.2. The van der Waals surface area contributed by atoms with Crippen LogP contribution in [0.25, 0.3) is 0 Å². The van der Waals surface area contributed by atoms with Gasteiger partial charge in [0.05, 0.1) is 6.04 Å². The van der Waals surface area contributed by atoms with Crippen LogP contribution in [0.15, 0.2) is 0 Å². The second-order valence-electron chi connectivity index (χ2n) is 3.19. The third kappa shape index (κ3) is 1.21. The summed E-state index contributed by atoms with van der Waals surface area (Å²) in [5, 5.41) is 0. The number of amides is 1. The van der Waals surface area contributed by atoms with E-state index in [-0.39, 0.29) is 24.3 Å². The van der Waals surface area contributed by atoms with Gasteiger partial charge < -0.3 is 10.6 Å². The van der Waals surface area contributed by atoms with Crippen molar-refractivity contribution in [3.8, 4) is 0 Å². The summed E-state index contributed by atoms with van der Waals surface area (Å²) in [5.74, 6) is -0.0256. The fourth-order valence-corrected chi connectivity index (χ4v) is 1.74. The number of nitrogens with one attached hydrogen (secondary N) is 4. The maximum atomic E-state index is 11.4. The van der Waals surface area contributed by atoms with Crippen molar-refractivity contribution in [2.24, 2.45) is 5.73 Å². The van der Waals surface area contributed by atoms with Gasteiger partial charge in [0, 0.05) is 0 Å². The zero-order valence-corrected chi connectivity index (χ0v) is 7.37. The van der Waals surface area contributed by atoms with Gasteiger partial charge in [-0.15, -0.1) is 0 Å². The molecule has 0 aliphatic carbocycles. The Labute approximate surface area is 75.9 Å². The molecule has 0 aromatic carbocycles. The Balaban J connectivity index is 2.01. The number of hydrazine groups is 3. The minimum atomic E-state index is -0.339. The van der Waals surface area contributed by atoms with Crippen molar-refractivity contribution in [3.05, 3.63) is 0 Å². The van der Waals surface area contributed by atoms with Gasteiger partial charge in [0.2, 0.25) is 5.91 Å². The molecule has 2 aliphatic rings. The van der Waals surface area contributed by atoms with Crippen molar-refractivity contribution in [1.29, 1.82) is 0 Å². The highest BCUT2D eigenvalue weighted by Gasteiger charge is 2.47. The standard InChI is InChI=1S/C6H14N6O/c1-2-3-4(7)5(13)12(3)6-8-10-11-9-6/h3-4,6,8-11H,2,7H2,1H3/t3-,4+/m1/s1. The molecular weight excluding hydrogens is 172 g/mol. The quantitative estimate of drug-likeness (QED) is 0.302. The first kappa shape index (κ1) is 8.85. The molecule has 13 heavy (non-hydrogen) atoms. The lowest BCUT2D eigenvalue weighted by Gasteiger charge is -2.47. The molecule has 6 N–H and O–H groups in total.